The molecule has 0 fully saturated rings. The zero-order chi connectivity index (χ0) is 14.5. The number of benzene rings is 1. The molecule has 0 aliphatic carbocycles. The normalized spacial score (nSPS) is 15.2. The van der Waals surface area contributed by atoms with Gasteiger partial charge in [0.05, 0.1) is 5.56 Å². The van der Waals surface area contributed by atoms with Crippen molar-refractivity contribution < 1.29 is 9.47 Å². The molecule has 0 atom stereocenters. The van der Waals surface area contributed by atoms with E-state index in [9.17, 15) is 5.26 Å². The Hall–Kier alpha value is -1.99. The first kappa shape index (κ1) is 14.4. The van der Waals surface area contributed by atoms with Crippen molar-refractivity contribution in [3.8, 4) is 6.07 Å². The molecule has 0 saturated carbocycles. The van der Waals surface area contributed by atoms with Crippen LogP contribution in [0.5, 0.6) is 0 Å². The zero-order valence-electron chi connectivity index (χ0n) is 11.1. The Morgan fingerprint density at radius 3 is 2.80 bits per heavy atom. The van der Waals surface area contributed by atoms with Crippen LogP contribution in [-0.2, 0) is 9.47 Å². The molecule has 0 radical (unpaired) electrons. The number of halogens is 1. The number of hydrogen-bond acceptors (Lipinski definition) is 3. The minimum Gasteiger partial charge on any atom is -0.491 e. The fraction of sp³-hybridized carbons (Fsp3) is 0.188. The Morgan fingerprint density at radius 2 is 2.15 bits per heavy atom. The van der Waals surface area contributed by atoms with E-state index in [1.807, 2.05) is 31.2 Å². The molecule has 1 aromatic rings. The van der Waals surface area contributed by atoms with Crippen LogP contribution in [0.4, 0.5) is 0 Å². The maximum Gasteiger partial charge on any atom is 0.157 e. The summed E-state index contributed by atoms with van der Waals surface area (Å²) < 4.78 is 11.8. The van der Waals surface area contributed by atoms with Crippen LogP contribution in [-0.4, -0.2) is 13.2 Å². The van der Waals surface area contributed by atoms with Gasteiger partial charge in [-0.15, -0.1) is 0 Å². The van der Waals surface area contributed by atoms with Gasteiger partial charge in [-0.2, -0.15) is 5.26 Å². The third-order valence-electron chi connectivity index (χ3n) is 2.95. The van der Waals surface area contributed by atoms with Crippen LogP contribution in [0.1, 0.15) is 18.1 Å². The summed E-state index contributed by atoms with van der Waals surface area (Å²) in [6.07, 6.45) is 3.56. The van der Waals surface area contributed by atoms with Gasteiger partial charge in [0, 0.05) is 10.0 Å². The molecular weight excluding hydrogens is 318 g/mol. The minimum absolute atomic E-state index is 0.525. The van der Waals surface area contributed by atoms with Crippen molar-refractivity contribution in [1.29, 1.82) is 5.26 Å². The topological polar surface area (TPSA) is 42.2 Å². The molecule has 0 bridgehead atoms. The van der Waals surface area contributed by atoms with E-state index >= 15 is 0 Å². The van der Waals surface area contributed by atoms with E-state index in [0.29, 0.717) is 24.5 Å². The van der Waals surface area contributed by atoms with Crippen molar-refractivity contribution in [2.24, 2.45) is 0 Å². The summed E-state index contributed by atoms with van der Waals surface area (Å²) in [6.45, 7) is 6.77. The highest BCUT2D eigenvalue weighted by Crippen LogP contribution is 2.28. The number of allylic oxidation sites excluding steroid dienone is 4. The second-order valence-corrected chi connectivity index (χ2v) is 5.05. The lowest BCUT2D eigenvalue weighted by Crippen LogP contribution is -2.11. The largest absolute Gasteiger partial charge is 0.491 e. The smallest absolute Gasteiger partial charge is 0.157 e. The molecule has 20 heavy (non-hydrogen) atoms. The van der Waals surface area contributed by atoms with Crippen molar-refractivity contribution in [3.63, 3.8) is 0 Å². The summed E-state index contributed by atoms with van der Waals surface area (Å²) >= 11 is 3.39. The summed E-state index contributed by atoms with van der Waals surface area (Å²) in [6, 6.07) is 7.82. The molecule has 1 aromatic carbocycles. The fourth-order valence-corrected chi connectivity index (χ4v) is 2.38. The van der Waals surface area contributed by atoms with Crippen LogP contribution in [0.25, 0.3) is 5.57 Å². The Morgan fingerprint density at radius 1 is 1.40 bits per heavy atom. The van der Waals surface area contributed by atoms with Crippen molar-refractivity contribution in [2.45, 2.75) is 6.92 Å². The van der Waals surface area contributed by atoms with Gasteiger partial charge in [-0.3, -0.25) is 0 Å². The number of nitrogens with zero attached hydrogens (tertiary/aromatic N) is 1. The summed E-state index contributed by atoms with van der Waals surface area (Å²) in [4.78, 5) is 0. The molecule has 102 valence electrons. The number of hydrogen-bond donors (Lipinski definition) is 0. The molecule has 0 N–H and O–H groups in total. The summed E-state index contributed by atoms with van der Waals surface area (Å²) in [5.41, 5.74) is 2.21. The molecule has 3 nitrogen and oxygen atoms in total. The van der Waals surface area contributed by atoms with Gasteiger partial charge in [-0.05, 0) is 40.6 Å². The van der Waals surface area contributed by atoms with Gasteiger partial charge >= 0.3 is 0 Å². The van der Waals surface area contributed by atoms with Gasteiger partial charge in [-0.1, -0.05) is 24.8 Å². The van der Waals surface area contributed by atoms with E-state index in [1.165, 1.54) is 0 Å². The molecule has 2 rings (SSSR count). The van der Waals surface area contributed by atoms with Crippen LogP contribution in [0, 0.1) is 11.3 Å². The van der Waals surface area contributed by atoms with Gasteiger partial charge in [0.1, 0.15) is 25.0 Å². The van der Waals surface area contributed by atoms with Crippen LogP contribution < -0.4 is 0 Å². The number of ether oxygens (including phenoxy) is 2. The van der Waals surface area contributed by atoms with Crippen LogP contribution in [0.3, 0.4) is 0 Å². The maximum atomic E-state index is 9.29. The molecule has 0 aromatic heterocycles. The first-order valence-corrected chi connectivity index (χ1v) is 6.96. The van der Waals surface area contributed by atoms with Gasteiger partial charge in [0.2, 0.25) is 0 Å². The van der Waals surface area contributed by atoms with Crippen molar-refractivity contribution in [2.75, 3.05) is 13.2 Å². The van der Waals surface area contributed by atoms with E-state index in [0.717, 1.165) is 21.4 Å². The van der Waals surface area contributed by atoms with Gasteiger partial charge < -0.3 is 9.47 Å². The van der Waals surface area contributed by atoms with E-state index < -0.39 is 0 Å². The standard InChI is InChI=1S/C16H14BrNO2/c1-3-12(9-16-11(2)19-7-8-20-16)13-5-4-6-15(17)14(13)10-18/h3-6,9H,1,7-8H2,2H3/b12-9+. The average molecular weight is 332 g/mol. The maximum absolute atomic E-state index is 9.29. The highest BCUT2D eigenvalue weighted by molar-refractivity contribution is 9.10. The Kier molecular flexibility index (Phi) is 4.65. The second-order valence-electron chi connectivity index (χ2n) is 4.20. The second kappa shape index (κ2) is 6.44. The lowest BCUT2D eigenvalue weighted by Gasteiger charge is -2.18. The highest BCUT2D eigenvalue weighted by atomic mass is 79.9. The molecule has 1 heterocycles. The van der Waals surface area contributed by atoms with Crippen molar-refractivity contribution >= 4 is 21.5 Å². The van der Waals surface area contributed by atoms with Crippen LogP contribution in [0.15, 0.2) is 52.9 Å². The van der Waals surface area contributed by atoms with Gasteiger partial charge in [0.15, 0.2) is 5.76 Å². The molecule has 1 aliphatic rings. The molecule has 4 heteroatoms. The molecule has 0 unspecified atom stereocenters. The van der Waals surface area contributed by atoms with Gasteiger partial charge in [-0.25, -0.2) is 0 Å². The van der Waals surface area contributed by atoms with E-state index in [1.54, 1.807) is 6.08 Å². The van der Waals surface area contributed by atoms with Crippen molar-refractivity contribution in [1.82, 2.24) is 0 Å². The average Bonchev–Trinajstić information content (AvgIpc) is 2.46. The molecular formula is C16H14BrNO2. The number of nitriles is 1. The fourth-order valence-electron chi connectivity index (χ4n) is 1.93. The lowest BCUT2D eigenvalue weighted by molar-refractivity contribution is 0.0709. The van der Waals surface area contributed by atoms with Crippen LogP contribution in [0.2, 0.25) is 0 Å². The molecule has 0 amide bonds. The summed E-state index contributed by atoms with van der Waals surface area (Å²) in [7, 11) is 0. The summed E-state index contributed by atoms with van der Waals surface area (Å²) in [5.74, 6) is 1.42. The highest BCUT2D eigenvalue weighted by Gasteiger charge is 2.13. The number of rotatable bonds is 3. The molecule has 1 aliphatic heterocycles. The Labute approximate surface area is 126 Å². The monoisotopic (exact) mass is 331 g/mol. The van der Waals surface area contributed by atoms with E-state index in [-0.39, 0.29) is 0 Å². The third kappa shape index (κ3) is 2.94. The zero-order valence-corrected chi connectivity index (χ0v) is 12.7. The quantitative estimate of drug-likeness (QED) is 0.780. The van der Waals surface area contributed by atoms with E-state index in [4.69, 9.17) is 9.47 Å². The molecule has 0 saturated heterocycles. The lowest BCUT2D eigenvalue weighted by atomic mass is 9.99. The van der Waals surface area contributed by atoms with Crippen LogP contribution >= 0.6 is 15.9 Å². The van der Waals surface area contributed by atoms with E-state index in [2.05, 4.69) is 28.6 Å². The first-order chi connectivity index (χ1) is 9.67. The Bertz CT molecular complexity index is 638. The predicted molar refractivity (Wildman–Crippen MR) is 81.6 cm³/mol. The molecule has 0 spiro atoms. The Balaban J connectivity index is 2.51. The van der Waals surface area contributed by atoms with Gasteiger partial charge in [0.25, 0.3) is 0 Å². The summed E-state index contributed by atoms with van der Waals surface area (Å²) in [5, 5.41) is 9.29. The predicted octanol–water partition coefficient (Wildman–Crippen LogP) is 4.17. The van der Waals surface area contributed by atoms with Crippen molar-refractivity contribution in [3.05, 3.63) is 64.0 Å². The SMILES string of the molecule is C=C/C(=C\C1=C(C)OCCO1)c1cccc(Br)c1C#N. The first-order valence-electron chi connectivity index (χ1n) is 6.17. The minimum atomic E-state index is 0.525. The third-order valence-corrected chi connectivity index (χ3v) is 3.61.